The molecule has 1 amide bonds. The minimum atomic E-state index is 0.214. The standard InChI is InChI=1S/C25H49NO/c1-4-5-6-7-8-9-10-11-12-13-14-15-16-17-18-19-20-21-22-23-25(27)26-24(2)3/h11-12,24H,4-10,13-23H2,1-3H3,(H,26,27)/b12-11-. The Morgan fingerprint density at radius 1 is 0.667 bits per heavy atom. The van der Waals surface area contributed by atoms with E-state index in [1.54, 1.807) is 0 Å². The van der Waals surface area contributed by atoms with Gasteiger partial charge in [0.15, 0.2) is 0 Å². The summed E-state index contributed by atoms with van der Waals surface area (Å²) in [5.41, 5.74) is 0. The first-order valence-corrected chi connectivity index (χ1v) is 12.1. The molecule has 0 saturated heterocycles. The van der Waals surface area contributed by atoms with Gasteiger partial charge in [-0.15, -0.1) is 0 Å². The molecule has 0 radical (unpaired) electrons. The molecule has 1 N–H and O–H groups in total. The maximum atomic E-state index is 11.5. The fourth-order valence-corrected chi connectivity index (χ4v) is 3.46. The highest BCUT2D eigenvalue weighted by Gasteiger charge is 2.02. The van der Waals surface area contributed by atoms with Crippen LogP contribution in [0.5, 0.6) is 0 Å². The minimum Gasteiger partial charge on any atom is -0.354 e. The molecule has 0 aromatic heterocycles. The Labute approximate surface area is 171 Å². The Kier molecular flexibility index (Phi) is 20.9. The van der Waals surface area contributed by atoms with Gasteiger partial charge in [0.25, 0.3) is 0 Å². The number of hydrogen-bond acceptors (Lipinski definition) is 1. The summed E-state index contributed by atoms with van der Waals surface area (Å²) in [6, 6.07) is 0.272. The van der Waals surface area contributed by atoms with Crippen molar-refractivity contribution in [3.63, 3.8) is 0 Å². The highest BCUT2D eigenvalue weighted by Crippen LogP contribution is 2.12. The van der Waals surface area contributed by atoms with Crippen LogP contribution in [0.15, 0.2) is 12.2 Å². The summed E-state index contributed by atoms with van der Waals surface area (Å²) >= 11 is 0. The molecule has 0 saturated carbocycles. The number of carbonyl (C=O) groups is 1. The molecule has 2 nitrogen and oxygen atoms in total. The number of amides is 1. The molecule has 0 heterocycles. The van der Waals surface area contributed by atoms with E-state index >= 15 is 0 Å². The predicted molar refractivity (Wildman–Crippen MR) is 121 cm³/mol. The first-order chi connectivity index (χ1) is 13.2. The van der Waals surface area contributed by atoms with Crippen molar-refractivity contribution >= 4 is 5.91 Å². The van der Waals surface area contributed by atoms with Crippen LogP contribution in [0.1, 0.15) is 136 Å². The van der Waals surface area contributed by atoms with E-state index in [0.29, 0.717) is 6.42 Å². The van der Waals surface area contributed by atoms with Crippen LogP contribution in [0.4, 0.5) is 0 Å². The summed E-state index contributed by atoms with van der Waals surface area (Å²) in [6.45, 7) is 6.32. The maximum absolute atomic E-state index is 11.5. The Bertz CT molecular complexity index is 335. The Morgan fingerprint density at radius 2 is 1.07 bits per heavy atom. The smallest absolute Gasteiger partial charge is 0.220 e. The number of unbranched alkanes of at least 4 members (excludes halogenated alkanes) is 15. The number of nitrogens with one attached hydrogen (secondary N) is 1. The first-order valence-electron chi connectivity index (χ1n) is 12.1. The molecule has 0 spiro atoms. The van der Waals surface area contributed by atoms with Crippen molar-refractivity contribution in [2.45, 2.75) is 142 Å². The molecule has 0 aliphatic carbocycles. The van der Waals surface area contributed by atoms with Gasteiger partial charge in [-0.25, -0.2) is 0 Å². The SMILES string of the molecule is CCCCCCCC/C=C\CCCCCCCCCCCC(=O)NC(C)C. The summed E-state index contributed by atoms with van der Waals surface area (Å²) in [4.78, 5) is 11.5. The maximum Gasteiger partial charge on any atom is 0.220 e. The first kappa shape index (κ1) is 26.2. The molecule has 0 bridgehead atoms. The Morgan fingerprint density at radius 3 is 1.52 bits per heavy atom. The highest BCUT2D eigenvalue weighted by atomic mass is 16.1. The van der Waals surface area contributed by atoms with E-state index in [-0.39, 0.29) is 11.9 Å². The summed E-state index contributed by atoms with van der Waals surface area (Å²) < 4.78 is 0. The van der Waals surface area contributed by atoms with Crippen molar-refractivity contribution in [2.24, 2.45) is 0 Å². The van der Waals surface area contributed by atoms with E-state index in [1.807, 2.05) is 13.8 Å². The van der Waals surface area contributed by atoms with Gasteiger partial charge in [-0.2, -0.15) is 0 Å². The Balaban J connectivity index is 3.14. The average Bonchev–Trinajstić information content (AvgIpc) is 2.63. The van der Waals surface area contributed by atoms with Gasteiger partial charge in [0, 0.05) is 12.5 Å². The number of carbonyl (C=O) groups excluding carboxylic acids is 1. The molecule has 27 heavy (non-hydrogen) atoms. The van der Waals surface area contributed by atoms with Crippen LogP contribution >= 0.6 is 0 Å². The molecule has 2 heteroatoms. The van der Waals surface area contributed by atoms with Gasteiger partial charge in [0.05, 0.1) is 0 Å². The Hall–Kier alpha value is -0.790. The fourth-order valence-electron chi connectivity index (χ4n) is 3.46. The van der Waals surface area contributed by atoms with Gasteiger partial charge < -0.3 is 5.32 Å². The predicted octanol–water partition coefficient (Wildman–Crippen LogP) is 8.11. The van der Waals surface area contributed by atoms with Crippen LogP contribution in [0.2, 0.25) is 0 Å². The third-order valence-electron chi connectivity index (χ3n) is 5.12. The summed E-state index contributed by atoms with van der Waals surface area (Å²) in [5, 5.41) is 2.96. The van der Waals surface area contributed by atoms with Crippen molar-refractivity contribution in [1.29, 1.82) is 0 Å². The van der Waals surface area contributed by atoms with E-state index in [0.717, 1.165) is 6.42 Å². The van der Waals surface area contributed by atoms with Crippen molar-refractivity contribution in [3.8, 4) is 0 Å². The second-order valence-corrected chi connectivity index (χ2v) is 8.47. The largest absolute Gasteiger partial charge is 0.354 e. The number of allylic oxidation sites excluding steroid dienone is 2. The fraction of sp³-hybridized carbons (Fsp3) is 0.880. The van der Waals surface area contributed by atoms with Gasteiger partial charge in [-0.05, 0) is 46.0 Å². The van der Waals surface area contributed by atoms with Crippen molar-refractivity contribution < 1.29 is 4.79 Å². The molecule has 0 aliphatic rings. The molecule has 0 aromatic rings. The molecule has 0 unspecified atom stereocenters. The monoisotopic (exact) mass is 379 g/mol. The van der Waals surface area contributed by atoms with Gasteiger partial charge in [0.2, 0.25) is 5.91 Å². The van der Waals surface area contributed by atoms with E-state index < -0.39 is 0 Å². The van der Waals surface area contributed by atoms with Gasteiger partial charge >= 0.3 is 0 Å². The summed E-state index contributed by atoms with van der Waals surface area (Å²) in [7, 11) is 0. The second kappa shape index (κ2) is 21.5. The van der Waals surface area contributed by atoms with Crippen molar-refractivity contribution in [2.75, 3.05) is 0 Å². The van der Waals surface area contributed by atoms with Crippen LogP contribution in [-0.2, 0) is 4.79 Å². The van der Waals surface area contributed by atoms with Crippen LogP contribution in [-0.4, -0.2) is 11.9 Å². The number of hydrogen-bond donors (Lipinski definition) is 1. The minimum absolute atomic E-state index is 0.214. The molecule has 0 rings (SSSR count). The highest BCUT2D eigenvalue weighted by molar-refractivity contribution is 5.76. The second-order valence-electron chi connectivity index (χ2n) is 8.47. The average molecular weight is 380 g/mol. The van der Waals surface area contributed by atoms with Crippen LogP contribution in [0.25, 0.3) is 0 Å². The molecular weight excluding hydrogens is 330 g/mol. The lowest BCUT2D eigenvalue weighted by molar-refractivity contribution is -0.121. The quantitative estimate of drug-likeness (QED) is 0.168. The normalized spacial score (nSPS) is 11.6. The number of rotatable bonds is 20. The zero-order valence-corrected chi connectivity index (χ0v) is 18.9. The van der Waals surface area contributed by atoms with Gasteiger partial charge in [0.1, 0.15) is 0 Å². The molecule has 160 valence electrons. The summed E-state index contributed by atoms with van der Waals surface area (Å²) in [6.07, 6.45) is 28.2. The lowest BCUT2D eigenvalue weighted by atomic mass is 10.1. The van der Waals surface area contributed by atoms with E-state index in [4.69, 9.17) is 0 Å². The zero-order valence-electron chi connectivity index (χ0n) is 18.9. The van der Waals surface area contributed by atoms with Gasteiger partial charge in [-0.1, -0.05) is 96.1 Å². The molecule has 0 aliphatic heterocycles. The van der Waals surface area contributed by atoms with Crippen molar-refractivity contribution in [3.05, 3.63) is 12.2 Å². The van der Waals surface area contributed by atoms with Crippen LogP contribution < -0.4 is 5.32 Å². The van der Waals surface area contributed by atoms with Crippen LogP contribution in [0, 0.1) is 0 Å². The van der Waals surface area contributed by atoms with E-state index in [9.17, 15) is 4.79 Å². The third-order valence-corrected chi connectivity index (χ3v) is 5.12. The molecule has 0 aromatic carbocycles. The third kappa shape index (κ3) is 23.2. The lowest BCUT2D eigenvalue weighted by Crippen LogP contribution is -2.29. The van der Waals surface area contributed by atoms with E-state index in [2.05, 4.69) is 24.4 Å². The molecule has 0 fully saturated rings. The molecule has 0 atom stereocenters. The van der Waals surface area contributed by atoms with Gasteiger partial charge in [-0.3, -0.25) is 4.79 Å². The molecular formula is C25H49NO. The topological polar surface area (TPSA) is 29.1 Å². The van der Waals surface area contributed by atoms with E-state index in [1.165, 1.54) is 103 Å². The van der Waals surface area contributed by atoms with Crippen molar-refractivity contribution in [1.82, 2.24) is 5.32 Å². The van der Waals surface area contributed by atoms with Crippen LogP contribution in [0.3, 0.4) is 0 Å². The summed E-state index contributed by atoms with van der Waals surface area (Å²) in [5.74, 6) is 0.214. The zero-order chi connectivity index (χ0) is 20.0. The lowest BCUT2D eigenvalue weighted by Gasteiger charge is -2.07.